The highest BCUT2D eigenvalue weighted by atomic mass is 16.7. The van der Waals surface area contributed by atoms with E-state index in [1.165, 1.54) is 0 Å². The summed E-state index contributed by atoms with van der Waals surface area (Å²) in [6, 6.07) is 0. The van der Waals surface area contributed by atoms with Gasteiger partial charge in [0, 0.05) is 12.3 Å². The van der Waals surface area contributed by atoms with E-state index in [0.29, 0.717) is 26.1 Å². The van der Waals surface area contributed by atoms with Gasteiger partial charge < -0.3 is 18.9 Å². The molecule has 5 aliphatic rings. The Kier molecular flexibility index (Phi) is 5.31. The van der Waals surface area contributed by atoms with Gasteiger partial charge in [0.2, 0.25) is 6.29 Å². The van der Waals surface area contributed by atoms with Crippen molar-refractivity contribution in [1.82, 2.24) is 0 Å². The minimum Gasteiger partial charge on any atom is -0.465 e. The van der Waals surface area contributed by atoms with Gasteiger partial charge in [0.25, 0.3) is 0 Å². The van der Waals surface area contributed by atoms with Crippen molar-refractivity contribution in [3.63, 3.8) is 0 Å². The van der Waals surface area contributed by atoms with Gasteiger partial charge in [0.1, 0.15) is 0 Å². The van der Waals surface area contributed by atoms with E-state index in [9.17, 15) is 19.2 Å². The molecule has 170 valence electrons. The Hall–Kier alpha value is -1.96. The van der Waals surface area contributed by atoms with Crippen molar-refractivity contribution in [2.45, 2.75) is 52.2 Å². The third kappa shape index (κ3) is 3.38. The zero-order valence-electron chi connectivity index (χ0n) is 18.0. The summed E-state index contributed by atoms with van der Waals surface area (Å²) in [7, 11) is 0. The highest BCUT2D eigenvalue weighted by Crippen LogP contribution is 2.62. The summed E-state index contributed by atoms with van der Waals surface area (Å²) in [4.78, 5) is 50.0. The van der Waals surface area contributed by atoms with Crippen molar-refractivity contribution in [3.05, 3.63) is 0 Å². The minimum absolute atomic E-state index is 0.0331. The second-order valence-electron chi connectivity index (χ2n) is 10.0. The molecule has 2 bridgehead atoms. The molecule has 0 aromatic rings. The average Bonchev–Trinajstić information content (AvgIpc) is 3.45. The van der Waals surface area contributed by atoms with Crippen molar-refractivity contribution in [2.24, 2.45) is 53.3 Å². The topological polar surface area (TPSA) is 105 Å². The number of fused-ring (bicyclic) bond motifs is 5. The predicted molar refractivity (Wildman–Crippen MR) is 104 cm³/mol. The number of hydrogen-bond acceptors (Lipinski definition) is 8. The van der Waals surface area contributed by atoms with Gasteiger partial charge in [-0.05, 0) is 49.4 Å². The molecule has 10 atom stereocenters. The highest BCUT2D eigenvalue weighted by Gasteiger charge is 2.63. The van der Waals surface area contributed by atoms with Gasteiger partial charge in [0.15, 0.2) is 0 Å². The molecule has 2 saturated carbocycles. The average molecular weight is 434 g/mol. The largest absolute Gasteiger partial charge is 0.465 e. The third-order valence-electron chi connectivity index (χ3n) is 8.64. The Bertz CT molecular complexity index is 786. The van der Waals surface area contributed by atoms with Crippen molar-refractivity contribution < 1.29 is 38.1 Å². The molecule has 5 rings (SSSR count). The van der Waals surface area contributed by atoms with Crippen LogP contribution in [0.1, 0.15) is 46.0 Å². The first-order valence-electron chi connectivity index (χ1n) is 11.6. The molecular weight excluding hydrogens is 404 g/mol. The zero-order chi connectivity index (χ0) is 21.9. The molecule has 3 aliphatic heterocycles. The molecule has 8 heteroatoms. The lowest BCUT2D eigenvalue weighted by atomic mass is 9.66. The lowest BCUT2D eigenvalue weighted by Crippen LogP contribution is -2.40. The second kappa shape index (κ2) is 7.87. The van der Waals surface area contributed by atoms with Crippen LogP contribution in [-0.4, -0.2) is 43.4 Å². The standard InChI is InChI=1S/C23H30O8/c1-10-12(14-8-13(10)19-16(14)9-29-22(19)26)7-15(18-11(2)20(24)31-23(18)27)21(25)30-17-5-3-4-6-28-17/h10-19H,3-9H2,1-2H3. The Morgan fingerprint density at radius 1 is 1.06 bits per heavy atom. The maximum Gasteiger partial charge on any atom is 0.318 e. The minimum atomic E-state index is -0.841. The van der Waals surface area contributed by atoms with Crippen LogP contribution in [0.25, 0.3) is 0 Å². The Labute approximate surface area is 181 Å². The van der Waals surface area contributed by atoms with E-state index >= 15 is 0 Å². The number of rotatable bonds is 5. The SMILES string of the molecule is CC1C(=O)OC(=O)C1C(CC1C(C)C2CC1C1COC(=O)C21)C(=O)OC1CCCCO1. The maximum absolute atomic E-state index is 13.3. The summed E-state index contributed by atoms with van der Waals surface area (Å²) in [5, 5.41) is 0. The number of carbonyl (C=O) groups is 4. The molecule has 2 aliphatic carbocycles. The summed E-state index contributed by atoms with van der Waals surface area (Å²) in [6.45, 7) is 4.76. The van der Waals surface area contributed by atoms with Crippen LogP contribution in [0.15, 0.2) is 0 Å². The summed E-state index contributed by atoms with van der Waals surface area (Å²) in [6.07, 6.45) is 3.29. The Balaban J connectivity index is 1.37. The van der Waals surface area contributed by atoms with Crippen LogP contribution >= 0.6 is 0 Å². The smallest absolute Gasteiger partial charge is 0.318 e. The molecule has 0 aromatic heterocycles. The van der Waals surface area contributed by atoms with E-state index in [2.05, 4.69) is 6.92 Å². The van der Waals surface area contributed by atoms with Crippen molar-refractivity contribution in [3.8, 4) is 0 Å². The lowest BCUT2D eigenvalue weighted by Gasteiger charge is -2.37. The van der Waals surface area contributed by atoms with E-state index < -0.39 is 42.0 Å². The fraction of sp³-hybridized carbons (Fsp3) is 0.826. The highest BCUT2D eigenvalue weighted by molar-refractivity contribution is 5.98. The van der Waals surface area contributed by atoms with Crippen LogP contribution in [0.4, 0.5) is 0 Å². The first-order chi connectivity index (χ1) is 14.9. The molecule has 31 heavy (non-hydrogen) atoms. The van der Waals surface area contributed by atoms with Gasteiger partial charge in [-0.2, -0.15) is 0 Å². The fourth-order valence-electron chi connectivity index (χ4n) is 7.03. The zero-order valence-corrected chi connectivity index (χ0v) is 18.0. The van der Waals surface area contributed by atoms with Crippen LogP contribution in [-0.2, 0) is 38.1 Å². The Morgan fingerprint density at radius 3 is 2.55 bits per heavy atom. The molecule has 0 aromatic carbocycles. The van der Waals surface area contributed by atoms with Gasteiger partial charge >= 0.3 is 23.9 Å². The normalized spacial score (nSPS) is 44.7. The molecule has 0 N–H and O–H groups in total. The Morgan fingerprint density at radius 2 is 1.87 bits per heavy atom. The summed E-state index contributed by atoms with van der Waals surface area (Å²) in [5.41, 5.74) is 0. The summed E-state index contributed by atoms with van der Waals surface area (Å²) in [5.74, 6) is -3.00. The van der Waals surface area contributed by atoms with Crippen LogP contribution in [0.5, 0.6) is 0 Å². The number of esters is 4. The van der Waals surface area contributed by atoms with Gasteiger partial charge in [0.05, 0.1) is 36.9 Å². The first-order valence-corrected chi connectivity index (χ1v) is 11.6. The quantitative estimate of drug-likeness (QED) is 0.368. The molecule has 0 spiro atoms. The van der Waals surface area contributed by atoms with Gasteiger partial charge in [-0.25, -0.2) is 0 Å². The number of carbonyl (C=O) groups excluding carboxylic acids is 4. The number of ether oxygens (including phenoxy) is 4. The number of cyclic esters (lactones) is 3. The molecule has 0 amide bonds. The first kappa shape index (κ1) is 20.9. The molecule has 0 radical (unpaired) electrons. The molecule has 3 heterocycles. The van der Waals surface area contributed by atoms with E-state index in [0.717, 1.165) is 19.3 Å². The molecular formula is C23H30O8. The molecule has 3 saturated heterocycles. The van der Waals surface area contributed by atoms with Crippen LogP contribution in [0.3, 0.4) is 0 Å². The monoisotopic (exact) mass is 434 g/mol. The third-order valence-corrected chi connectivity index (χ3v) is 8.64. The van der Waals surface area contributed by atoms with Crippen LogP contribution in [0.2, 0.25) is 0 Å². The molecule has 5 fully saturated rings. The van der Waals surface area contributed by atoms with Crippen LogP contribution in [0, 0.1) is 53.3 Å². The van der Waals surface area contributed by atoms with Gasteiger partial charge in [-0.1, -0.05) is 13.8 Å². The molecule has 8 nitrogen and oxygen atoms in total. The van der Waals surface area contributed by atoms with Crippen molar-refractivity contribution >= 4 is 23.9 Å². The predicted octanol–water partition coefficient (Wildman–Crippen LogP) is 2.09. The summed E-state index contributed by atoms with van der Waals surface area (Å²) < 4.78 is 21.4. The van der Waals surface area contributed by atoms with Crippen molar-refractivity contribution in [1.29, 1.82) is 0 Å². The van der Waals surface area contributed by atoms with Crippen LogP contribution < -0.4 is 0 Å². The van der Waals surface area contributed by atoms with Gasteiger partial charge in [-0.3, -0.25) is 19.2 Å². The maximum atomic E-state index is 13.3. The molecule has 10 unspecified atom stereocenters. The van der Waals surface area contributed by atoms with E-state index in [1.54, 1.807) is 6.92 Å². The van der Waals surface area contributed by atoms with E-state index in [4.69, 9.17) is 18.9 Å². The van der Waals surface area contributed by atoms with E-state index in [-0.39, 0.29) is 41.5 Å². The second-order valence-corrected chi connectivity index (χ2v) is 10.0. The van der Waals surface area contributed by atoms with E-state index in [1.807, 2.05) is 0 Å². The summed E-state index contributed by atoms with van der Waals surface area (Å²) >= 11 is 0. The lowest BCUT2D eigenvalue weighted by molar-refractivity contribution is -0.195. The van der Waals surface area contributed by atoms with Crippen molar-refractivity contribution in [2.75, 3.05) is 13.2 Å². The fourth-order valence-corrected chi connectivity index (χ4v) is 7.03. The van der Waals surface area contributed by atoms with Gasteiger partial charge in [-0.15, -0.1) is 0 Å². The number of hydrogen-bond donors (Lipinski definition) is 0.